The fourth-order valence-corrected chi connectivity index (χ4v) is 0.899. The number of nitro groups is 1. The monoisotopic (exact) mass is 185 g/mol. The predicted molar refractivity (Wildman–Crippen MR) is 41.2 cm³/mol. The summed E-state index contributed by atoms with van der Waals surface area (Å²) in [5.41, 5.74) is -2.39. The van der Waals surface area contributed by atoms with Gasteiger partial charge in [0.2, 0.25) is 0 Å². The number of carbonyl (C=O) groups excluding carboxylic acids is 1. The minimum atomic E-state index is -2.04. The zero-order valence-corrected chi connectivity index (χ0v) is 6.45. The van der Waals surface area contributed by atoms with Crippen molar-refractivity contribution in [1.82, 2.24) is 0 Å². The second kappa shape index (κ2) is 3.08. The zero-order chi connectivity index (χ0) is 10.1. The molecule has 0 radical (unpaired) electrons. The number of allylic oxidation sites excluding steroid dienone is 1. The minimum absolute atomic E-state index is 0.126. The third kappa shape index (κ3) is 1.63. The topological polar surface area (TPSA) is 101 Å². The van der Waals surface area contributed by atoms with E-state index in [1.807, 2.05) is 0 Å². The van der Waals surface area contributed by atoms with E-state index in [-0.39, 0.29) is 12.0 Å². The molecular weight excluding hydrogens is 178 g/mol. The van der Waals surface area contributed by atoms with Crippen molar-refractivity contribution in [3.05, 3.63) is 34.0 Å². The van der Waals surface area contributed by atoms with Crippen LogP contribution < -0.4 is 0 Å². The van der Waals surface area contributed by atoms with E-state index in [0.29, 0.717) is 0 Å². The van der Waals surface area contributed by atoms with Crippen LogP contribution in [-0.4, -0.2) is 33.1 Å². The molecule has 2 unspecified atom stereocenters. The Morgan fingerprint density at radius 1 is 1.69 bits per heavy atom. The van der Waals surface area contributed by atoms with Gasteiger partial charge >= 0.3 is 0 Å². The Balaban J connectivity index is 2.97. The first-order valence-electron chi connectivity index (χ1n) is 3.42. The molecule has 0 aromatic carbocycles. The molecule has 0 amide bonds. The highest BCUT2D eigenvalue weighted by molar-refractivity contribution is 5.68. The van der Waals surface area contributed by atoms with Gasteiger partial charge in [0.1, 0.15) is 6.10 Å². The standard InChI is InChI=1S/C7H7NO5/c9-4-7(11)2-1-5(8(12)13)3-6(7)10/h1-4,6,10-11H. The largest absolute Gasteiger partial charge is 0.385 e. The van der Waals surface area contributed by atoms with Crippen LogP contribution in [0.3, 0.4) is 0 Å². The molecule has 0 saturated carbocycles. The molecule has 0 spiro atoms. The first-order valence-corrected chi connectivity index (χ1v) is 3.42. The number of rotatable bonds is 2. The summed E-state index contributed by atoms with van der Waals surface area (Å²) in [5, 5.41) is 28.6. The highest BCUT2D eigenvalue weighted by Gasteiger charge is 2.36. The molecule has 0 heterocycles. The molecule has 0 bridgehead atoms. The predicted octanol–water partition coefficient (Wildman–Crippen LogP) is -0.992. The highest BCUT2D eigenvalue weighted by atomic mass is 16.6. The third-order valence-electron chi connectivity index (χ3n) is 1.72. The van der Waals surface area contributed by atoms with Gasteiger partial charge in [-0.1, -0.05) is 0 Å². The fraction of sp³-hybridized carbons (Fsp3) is 0.286. The summed E-state index contributed by atoms with van der Waals surface area (Å²) >= 11 is 0. The van der Waals surface area contributed by atoms with Gasteiger partial charge in [-0.05, 0) is 6.08 Å². The van der Waals surface area contributed by atoms with Crippen LogP contribution in [0.15, 0.2) is 23.9 Å². The van der Waals surface area contributed by atoms with Gasteiger partial charge in [-0.25, -0.2) is 0 Å². The van der Waals surface area contributed by atoms with E-state index in [1.165, 1.54) is 0 Å². The van der Waals surface area contributed by atoms with Crippen LogP contribution in [0.25, 0.3) is 0 Å². The number of aliphatic hydroxyl groups is 2. The van der Waals surface area contributed by atoms with Gasteiger partial charge < -0.3 is 10.2 Å². The fourth-order valence-electron chi connectivity index (χ4n) is 0.899. The molecular formula is C7H7NO5. The van der Waals surface area contributed by atoms with E-state index in [1.54, 1.807) is 0 Å². The molecule has 0 aromatic rings. The van der Waals surface area contributed by atoms with Gasteiger partial charge in [0, 0.05) is 12.2 Å². The smallest absolute Gasteiger partial charge is 0.267 e. The molecule has 1 rings (SSSR count). The number of aliphatic hydroxyl groups excluding tert-OH is 1. The normalized spacial score (nSPS) is 32.5. The van der Waals surface area contributed by atoms with Crippen molar-refractivity contribution in [2.75, 3.05) is 0 Å². The van der Waals surface area contributed by atoms with E-state index >= 15 is 0 Å². The first kappa shape index (κ1) is 9.56. The Morgan fingerprint density at radius 2 is 2.31 bits per heavy atom. The summed E-state index contributed by atoms with van der Waals surface area (Å²) in [6.45, 7) is 0. The van der Waals surface area contributed by atoms with E-state index < -0.39 is 16.6 Å². The molecule has 6 nitrogen and oxygen atoms in total. The van der Waals surface area contributed by atoms with Crippen molar-refractivity contribution in [3.63, 3.8) is 0 Å². The second-order valence-corrected chi connectivity index (χ2v) is 2.63. The van der Waals surface area contributed by atoms with E-state index in [0.717, 1.165) is 18.2 Å². The molecule has 1 aliphatic rings. The van der Waals surface area contributed by atoms with Gasteiger partial charge in [-0.3, -0.25) is 14.9 Å². The molecule has 2 N–H and O–H groups in total. The Bertz CT molecular complexity index is 308. The van der Waals surface area contributed by atoms with Gasteiger partial charge in [0.15, 0.2) is 11.9 Å². The van der Waals surface area contributed by atoms with E-state index in [2.05, 4.69) is 0 Å². The van der Waals surface area contributed by atoms with Gasteiger partial charge in [-0.15, -0.1) is 0 Å². The summed E-state index contributed by atoms with van der Waals surface area (Å²) in [4.78, 5) is 19.8. The van der Waals surface area contributed by atoms with Crippen LogP contribution in [0.2, 0.25) is 0 Å². The number of aldehydes is 1. The molecule has 13 heavy (non-hydrogen) atoms. The van der Waals surface area contributed by atoms with E-state index in [4.69, 9.17) is 5.11 Å². The Labute approximate surface area is 72.9 Å². The Morgan fingerprint density at radius 3 is 2.69 bits per heavy atom. The Hall–Kier alpha value is -1.53. The molecule has 6 heteroatoms. The molecule has 70 valence electrons. The number of hydrogen-bond acceptors (Lipinski definition) is 5. The van der Waals surface area contributed by atoms with Crippen molar-refractivity contribution in [3.8, 4) is 0 Å². The maximum Gasteiger partial charge on any atom is 0.267 e. The maximum absolute atomic E-state index is 10.3. The molecule has 1 aliphatic carbocycles. The minimum Gasteiger partial charge on any atom is -0.385 e. The van der Waals surface area contributed by atoms with Crippen LogP contribution in [-0.2, 0) is 4.79 Å². The van der Waals surface area contributed by atoms with Gasteiger partial charge in [-0.2, -0.15) is 0 Å². The average molecular weight is 185 g/mol. The van der Waals surface area contributed by atoms with Crippen LogP contribution in [0.1, 0.15) is 0 Å². The van der Waals surface area contributed by atoms with Gasteiger partial charge in [0.25, 0.3) is 5.70 Å². The lowest BCUT2D eigenvalue weighted by Crippen LogP contribution is -2.42. The summed E-state index contributed by atoms with van der Waals surface area (Å²) in [6, 6.07) is 0. The lowest BCUT2D eigenvalue weighted by molar-refractivity contribution is -0.420. The highest BCUT2D eigenvalue weighted by Crippen LogP contribution is 2.19. The molecule has 2 atom stereocenters. The molecule has 0 fully saturated rings. The summed E-state index contributed by atoms with van der Waals surface area (Å²) < 4.78 is 0. The SMILES string of the molecule is O=CC1(O)C=CC([N+](=O)[O-])=CC1O. The summed E-state index contributed by atoms with van der Waals surface area (Å²) in [7, 11) is 0. The van der Waals surface area contributed by atoms with Gasteiger partial charge in [0.05, 0.1) is 4.92 Å². The van der Waals surface area contributed by atoms with Crippen LogP contribution in [0, 0.1) is 10.1 Å². The average Bonchev–Trinajstić information content (AvgIpc) is 2.09. The van der Waals surface area contributed by atoms with Crippen molar-refractivity contribution in [1.29, 1.82) is 0 Å². The van der Waals surface area contributed by atoms with Crippen LogP contribution >= 0.6 is 0 Å². The summed E-state index contributed by atoms with van der Waals surface area (Å²) in [5.74, 6) is 0. The summed E-state index contributed by atoms with van der Waals surface area (Å²) in [6.07, 6.45) is 1.23. The quantitative estimate of drug-likeness (QED) is 0.326. The van der Waals surface area contributed by atoms with Crippen molar-refractivity contribution < 1.29 is 19.9 Å². The molecule has 0 saturated heterocycles. The maximum atomic E-state index is 10.3. The number of hydrogen-bond donors (Lipinski definition) is 2. The van der Waals surface area contributed by atoms with Crippen molar-refractivity contribution in [2.24, 2.45) is 0 Å². The lowest BCUT2D eigenvalue weighted by Gasteiger charge is -2.23. The van der Waals surface area contributed by atoms with E-state index in [9.17, 15) is 20.0 Å². The van der Waals surface area contributed by atoms with Crippen LogP contribution in [0.5, 0.6) is 0 Å². The van der Waals surface area contributed by atoms with Crippen molar-refractivity contribution >= 4 is 6.29 Å². The number of carbonyl (C=O) groups is 1. The second-order valence-electron chi connectivity index (χ2n) is 2.63. The molecule has 0 aliphatic heterocycles. The Kier molecular flexibility index (Phi) is 2.26. The number of nitrogens with zero attached hydrogens (tertiary/aromatic N) is 1. The van der Waals surface area contributed by atoms with Crippen molar-refractivity contribution in [2.45, 2.75) is 11.7 Å². The van der Waals surface area contributed by atoms with Crippen LogP contribution in [0.4, 0.5) is 0 Å². The first-order chi connectivity index (χ1) is 5.99. The lowest BCUT2D eigenvalue weighted by atomic mass is 9.93. The molecule has 0 aromatic heterocycles. The third-order valence-corrected chi connectivity index (χ3v) is 1.72. The zero-order valence-electron chi connectivity index (χ0n) is 6.45.